The Labute approximate surface area is 114 Å². The highest BCUT2D eigenvalue weighted by atomic mass is 16.5. The number of methoxy groups -OCH3 is 1. The van der Waals surface area contributed by atoms with E-state index >= 15 is 0 Å². The number of ether oxygens (including phenoxy) is 2. The molecule has 1 atom stereocenters. The number of rotatable bonds is 11. The molecule has 110 valence electrons. The van der Waals surface area contributed by atoms with Crippen molar-refractivity contribution in [2.75, 3.05) is 33.5 Å². The third-order valence-electron chi connectivity index (χ3n) is 2.79. The van der Waals surface area contributed by atoms with Crippen molar-refractivity contribution in [3.05, 3.63) is 5.82 Å². The van der Waals surface area contributed by atoms with E-state index in [9.17, 15) is 0 Å². The van der Waals surface area contributed by atoms with Crippen LogP contribution in [0.15, 0.2) is 0 Å². The fraction of sp³-hybridized carbons (Fsp3) is 0.917. The van der Waals surface area contributed by atoms with E-state index in [1.165, 1.54) is 0 Å². The largest absolute Gasteiger partial charge is 0.383 e. The quantitative estimate of drug-likeness (QED) is 0.600. The minimum absolute atomic E-state index is 0.0980. The van der Waals surface area contributed by atoms with Gasteiger partial charge in [-0.15, -0.1) is 5.10 Å². The number of aromatic nitrogens is 4. The van der Waals surface area contributed by atoms with E-state index < -0.39 is 0 Å². The topological polar surface area (TPSA) is 74.1 Å². The number of tetrazole rings is 1. The molecule has 7 heteroatoms. The van der Waals surface area contributed by atoms with Gasteiger partial charge in [0.1, 0.15) is 0 Å². The van der Waals surface area contributed by atoms with Gasteiger partial charge < -0.3 is 14.8 Å². The van der Waals surface area contributed by atoms with Crippen molar-refractivity contribution in [2.24, 2.45) is 0 Å². The molecule has 1 rings (SSSR count). The zero-order valence-electron chi connectivity index (χ0n) is 12.1. The zero-order valence-corrected chi connectivity index (χ0v) is 12.1. The van der Waals surface area contributed by atoms with Crippen molar-refractivity contribution in [2.45, 2.75) is 39.3 Å². The number of nitrogens with zero attached hydrogens (tertiary/aromatic N) is 4. The average molecular weight is 271 g/mol. The van der Waals surface area contributed by atoms with Gasteiger partial charge in [-0.05, 0) is 23.8 Å². The highest BCUT2D eigenvalue weighted by Crippen LogP contribution is 2.06. The van der Waals surface area contributed by atoms with Gasteiger partial charge in [0.15, 0.2) is 5.82 Å². The van der Waals surface area contributed by atoms with E-state index in [-0.39, 0.29) is 6.04 Å². The maximum atomic E-state index is 5.52. The van der Waals surface area contributed by atoms with Gasteiger partial charge in [-0.1, -0.05) is 13.3 Å². The molecule has 0 spiro atoms. The Morgan fingerprint density at radius 3 is 2.89 bits per heavy atom. The van der Waals surface area contributed by atoms with Gasteiger partial charge in [-0.25, -0.2) is 4.68 Å². The van der Waals surface area contributed by atoms with Crippen molar-refractivity contribution in [1.82, 2.24) is 25.5 Å². The average Bonchev–Trinajstić information content (AvgIpc) is 2.87. The van der Waals surface area contributed by atoms with Crippen LogP contribution in [0.5, 0.6) is 0 Å². The number of hydrogen-bond donors (Lipinski definition) is 1. The molecule has 1 unspecified atom stereocenters. The Bertz CT molecular complexity index is 332. The molecule has 19 heavy (non-hydrogen) atoms. The van der Waals surface area contributed by atoms with Crippen LogP contribution in [0.2, 0.25) is 0 Å². The van der Waals surface area contributed by atoms with Gasteiger partial charge in [0.05, 0.1) is 25.8 Å². The van der Waals surface area contributed by atoms with E-state index in [1.807, 2.05) is 6.92 Å². The lowest BCUT2D eigenvalue weighted by atomic mass is 10.3. The predicted octanol–water partition coefficient (Wildman–Crippen LogP) is 0.787. The van der Waals surface area contributed by atoms with Gasteiger partial charge in [0.2, 0.25) is 0 Å². The molecular formula is C12H25N5O2. The molecule has 0 bridgehead atoms. The summed E-state index contributed by atoms with van der Waals surface area (Å²) in [4.78, 5) is 0. The minimum Gasteiger partial charge on any atom is -0.383 e. The second kappa shape index (κ2) is 9.82. The molecule has 0 amide bonds. The van der Waals surface area contributed by atoms with Crippen molar-refractivity contribution in [3.8, 4) is 0 Å². The molecule has 0 aromatic carbocycles. The van der Waals surface area contributed by atoms with Crippen LogP contribution in [0, 0.1) is 0 Å². The molecule has 1 aromatic heterocycles. The van der Waals surface area contributed by atoms with Crippen LogP contribution in [0.25, 0.3) is 0 Å². The first-order valence-electron chi connectivity index (χ1n) is 6.85. The van der Waals surface area contributed by atoms with Crippen LogP contribution >= 0.6 is 0 Å². The summed E-state index contributed by atoms with van der Waals surface area (Å²) in [7, 11) is 1.68. The Morgan fingerprint density at radius 1 is 1.32 bits per heavy atom. The summed E-state index contributed by atoms with van der Waals surface area (Å²) in [6.07, 6.45) is 2.24. The second-order valence-corrected chi connectivity index (χ2v) is 4.39. The number of hydrogen-bond acceptors (Lipinski definition) is 6. The Hall–Kier alpha value is -1.05. The maximum absolute atomic E-state index is 5.52. The summed E-state index contributed by atoms with van der Waals surface area (Å²) in [5.41, 5.74) is 0. The van der Waals surface area contributed by atoms with Gasteiger partial charge >= 0.3 is 0 Å². The third-order valence-corrected chi connectivity index (χ3v) is 2.79. The van der Waals surface area contributed by atoms with Gasteiger partial charge in [-0.2, -0.15) is 0 Å². The molecule has 0 radical (unpaired) electrons. The smallest absolute Gasteiger partial charge is 0.168 e. The van der Waals surface area contributed by atoms with Crippen LogP contribution in [0.3, 0.4) is 0 Å². The van der Waals surface area contributed by atoms with Crippen molar-refractivity contribution < 1.29 is 9.47 Å². The van der Waals surface area contributed by atoms with Crippen LogP contribution in [-0.4, -0.2) is 53.7 Å². The van der Waals surface area contributed by atoms with Crippen LogP contribution in [0.1, 0.15) is 38.6 Å². The van der Waals surface area contributed by atoms with Crippen LogP contribution in [-0.2, 0) is 16.0 Å². The Balaban J connectivity index is 2.32. The van der Waals surface area contributed by atoms with Crippen molar-refractivity contribution in [3.63, 3.8) is 0 Å². The van der Waals surface area contributed by atoms with Crippen LogP contribution in [0.4, 0.5) is 0 Å². The maximum Gasteiger partial charge on any atom is 0.168 e. The number of unbranched alkanes of at least 4 members (excludes halogenated alkanes) is 1. The molecule has 7 nitrogen and oxygen atoms in total. The Morgan fingerprint density at radius 2 is 2.16 bits per heavy atom. The summed E-state index contributed by atoms with van der Waals surface area (Å²) in [6.45, 7) is 7.76. The zero-order chi connectivity index (χ0) is 13.9. The third kappa shape index (κ3) is 6.09. The monoisotopic (exact) mass is 271 g/mol. The van der Waals surface area contributed by atoms with Crippen molar-refractivity contribution >= 4 is 0 Å². The number of nitrogens with one attached hydrogen (secondary N) is 1. The summed E-state index contributed by atoms with van der Waals surface area (Å²) in [5, 5.41) is 15.1. The standard InChI is InChI=1S/C12H25N5O2/c1-4-5-8-19-10-7-17-12(14-15-16-17)11(2)13-6-9-18-3/h11,13H,4-10H2,1-3H3. The molecule has 0 aliphatic carbocycles. The summed E-state index contributed by atoms with van der Waals surface area (Å²) < 4.78 is 12.3. The predicted molar refractivity (Wildman–Crippen MR) is 71.8 cm³/mol. The normalized spacial score (nSPS) is 12.8. The van der Waals surface area contributed by atoms with E-state index in [0.717, 1.165) is 31.8 Å². The molecule has 0 aliphatic heterocycles. The fourth-order valence-corrected chi connectivity index (χ4v) is 1.65. The summed E-state index contributed by atoms with van der Waals surface area (Å²) in [5.74, 6) is 0.829. The van der Waals surface area contributed by atoms with E-state index in [1.54, 1.807) is 11.8 Å². The molecule has 0 saturated carbocycles. The summed E-state index contributed by atoms with van der Waals surface area (Å²) in [6, 6.07) is 0.0980. The van der Waals surface area contributed by atoms with Gasteiger partial charge in [0.25, 0.3) is 0 Å². The molecule has 0 fully saturated rings. The van der Waals surface area contributed by atoms with E-state index in [4.69, 9.17) is 9.47 Å². The van der Waals surface area contributed by atoms with Crippen molar-refractivity contribution in [1.29, 1.82) is 0 Å². The van der Waals surface area contributed by atoms with E-state index in [2.05, 4.69) is 27.8 Å². The minimum atomic E-state index is 0.0980. The first kappa shape index (κ1) is 16.0. The molecule has 0 saturated heterocycles. The van der Waals surface area contributed by atoms with Gasteiger partial charge in [0, 0.05) is 20.3 Å². The molecule has 1 heterocycles. The SMILES string of the molecule is CCCCOCCn1nnnc1C(C)NCCOC. The molecular weight excluding hydrogens is 246 g/mol. The second-order valence-electron chi connectivity index (χ2n) is 4.39. The molecule has 0 aliphatic rings. The molecule has 1 aromatic rings. The lowest BCUT2D eigenvalue weighted by Gasteiger charge is -2.13. The first-order valence-corrected chi connectivity index (χ1v) is 6.85. The fourth-order valence-electron chi connectivity index (χ4n) is 1.65. The van der Waals surface area contributed by atoms with E-state index in [0.29, 0.717) is 19.8 Å². The highest BCUT2D eigenvalue weighted by molar-refractivity contribution is 4.89. The Kier molecular flexibility index (Phi) is 8.28. The van der Waals surface area contributed by atoms with Gasteiger partial charge in [-0.3, -0.25) is 0 Å². The summed E-state index contributed by atoms with van der Waals surface area (Å²) >= 11 is 0. The molecule has 1 N–H and O–H groups in total. The van der Waals surface area contributed by atoms with Crippen LogP contribution < -0.4 is 5.32 Å². The first-order chi connectivity index (χ1) is 9.29. The lowest BCUT2D eigenvalue weighted by molar-refractivity contribution is 0.119. The highest BCUT2D eigenvalue weighted by Gasteiger charge is 2.13. The lowest BCUT2D eigenvalue weighted by Crippen LogP contribution is -2.26.